The van der Waals surface area contributed by atoms with Crippen LogP contribution in [0.4, 0.5) is 11.4 Å². The Kier molecular flexibility index (Phi) is 5.12. The molecule has 0 aliphatic heterocycles. The zero-order chi connectivity index (χ0) is 15.1. The molecule has 20 heavy (non-hydrogen) atoms. The first kappa shape index (κ1) is 15.0. The molecule has 0 atom stereocenters. The Labute approximate surface area is 115 Å². The van der Waals surface area contributed by atoms with Gasteiger partial charge in [-0.25, -0.2) is 4.79 Å². The number of carboxylic acid groups (broad SMARTS) is 1. The van der Waals surface area contributed by atoms with Crippen molar-refractivity contribution in [1.29, 1.82) is 5.26 Å². The molecule has 0 saturated heterocycles. The minimum atomic E-state index is -1.17. The lowest BCUT2D eigenvalue weighted by atomic mass is 10.1. The van der Waals surface area contributed by atoms with Gasteiger partial charge in [-0.15, -0.1) is 0 Å². The van der Waals surface area contributed by atoms with Crippen LogP contribution >= 0.6 is 0 Å². The van der Waals surface area contributed by atoms with Crippen LogP contribution in [0.2, 0.25) is 0 Å². The monoisotopic (exact) mass is 275 g/mol. The molecule has 0 saturated carbocycles. The first-order valence-corrected chi connectivity index (χ1v) is 5.53. The molecule has 1 aromatic rings. The summed E-state index contributed by atoms with van der Waals surface area (Å²) in [5.74, 6) is -1.21. The second-order valence-electron chi connectivity index (χ2n) is 3.69. The number of aromatic carboxylic acids is 1. The number of nitrogens with one attached hydrogen (secondary N) is 2. The molecule has 0 bridgehead atoms. The Bertz CT molecular complexity index is 602. The normalized spacial score (nSPS) is 9.85. The number of carbonyl (C=O) groups excluding carboxylic acids is 1. The Balaban J connectivity index is 3.29. The highest BCUT2D eigenvalue weighted by atomic mass is 16.5. The lowest BCUT2D eigenvalue weighted by Crippen LogP contribution is -2.10. The average Bonchev–Trinajstić information content (AvgIpc) is 2.39. The summed E-state index contributed by atoms with van der Waals surface area (Å²) in [7, 11) is 1.40. The number of nitriles is 1. The van der Waals surface area contributed by atoms with Gasteiger partial charge in [-0.05, 0) is 6.07 Å². The van der Waals surface area contributed by atoms with Crippen molar-refractivity contribution in [2.75, 3.05) is 17.7 Å². The standard InChI is InChI=1S/C13H13N3O4/c1-8(17)16-11-6-9(13(18)19)10(7-12(11)20-2)15-5-3-4-14/h3,5-7,15H,1-2H3,(H,16,17)(H,18,19). The quantitative estimate of drug-likeness (QED) is 0.706. The van der Waals surface area contributed by atoms with Crippen LogP contribution in [0, 0.1) is 11.3 Å². The molecule has 0 fully saturated rings. The predicted molar refractivity (Wildman–Crippen MR) is 72.6 cm³/mol. The number of allylic oxidation sites excluding steroid dienone is 1. The van der Waals surface area contributed by atoms with Crippen molar-refractivity contribution in [3.63, 3.8) is 0 Å². The van der Waals surface area contributed by atoms with Crippen LogP contribution in [0.3, 0.4) is 0 Å². The van der Waals surface area contributed by atoms with Gasteiger partial charge in [0.05, 0.1) is 30.1 Å². The number of benzene rings is 1. The fourth-order valence-corrected chi connectivity index (χ4v) is 1.50. The first-order chi connectivity index (χ1) is 9.49. The second kappa shape index (κ2) is 6.80. The van der Waals surface area contributed by atoms with Gasteiger partial charge in [-0.2, -0.15) is 5.26 Å². The number of hydrogen-bond acceptors (Lipinski definition) is 5. The van der Waals surface area contributed by atoms with Crippen molar-refractivity contribution in [2.24, 2.45) is 0 Å². The van der Waals surface area contributed by atoms with E-state index in [0.717, 1.165) is 0 Å². The molecular weight excluding hydrogens is 262 g/mol. The third-order valence-electron chi connectivity index (χ3n) is 2.28. The summed E-state index contributed by atoms with van der Waals surface area (Å²) in [5.41, 5.74) is 0.444. The lowest BCUT2D eigenvalue weighted by Gasteiger charge is -2.13. The van der Waals surface area contributed by atoms with Gasteiger partial charge in [-0.3, -0.25) is 4.79 Å². The molecular formula is C13H13N3O4. The molecule has 104 valence electrons. The minimum absolute atomic E-state index is 0.0582. The molecule has 7 nitrogen and oxygen atoms in total. The molecule has 0 aliphatic rings. The number of carboxylic acids is 1. The van der Waals surface area contributed by atoms with Crippen molar-refractivity contribution >= 4 is 23.3 Å². The van der Waals surface area contributed by atoms with E-state index in [-0.39, 0.29) is 22.8 Å². The van der Waals surface area contributed by atoms with Crippen molar-refractivity contribution in [3.05, 3.63) is 30.0 Å². The molecule has 7 heteroatoms. The maximum absolute atomic E-state index is 11.2. The maximum atomic E-state index is 11.2. The molecule has 0 aromatic heterocycles. The average molecular weight is 275 g/mol. The van der Waals surface area contributed by atoms with Crippen molar-refractivity contribution in [3.8, 4) is 11.8 Å². The Morgan fingerprint density at radius 1 is 1.40 bits per heavy atom. The van der Waals surface area contributed by atoms with E-state index in [0.29, 0.717) is 5.75 Å². The fraction of sp³-hybridized carbons (Fsp3) is 0.154. The van der Waals surface area contributed by atoms with E-state index in [1.807, 2.05) is 0 Å². The lowest BCUT2D eigenvalue weighted by molar-refractivity contribution is -0.114. The van der Waals surface area contributed by atoms with E-state index in [4.69, 9.17) is 15.1 Å². The van der Waals surface area contributed by atoms with Gasteiger partial charge in [0.25, 0.3) is 0 Å². The Morgan fingerprint density at radius 2 is 2.10 bits per heavy atom. The molecule has 0 unspecified atom stereocenters. The molecule has 0 spiro atoms. The highest BCUT2D eigenvalue weighted by Gasteiger charge is 2.15. The summed E-state index contributed by atoms with van der Waals surface area (Å²) in [6, 6.07) is 4.48. The van der Waals surface area contributed by atoms with Gasteiger partial charge in [0.1, 0.15) is 5.75 Å². The van der Waals surface area contributed by atoms with Gasteiger partial charge in [0.2, 0.25) is 5.91 Å². The zero-order valence-corrected chi connectivity index (χ0v) is 10.9. The zero-order valence-electron chi connectivity index (χ0n) is 10.9. The van der Waals surface area contributed by atoms with Crippen molar-refractivity contribution in [1.82, 2.24) is 0 Å². The minimum Gasteiger partial charge on any atom is -0.494 e. The Hall–Kier alpha value is -3.01. The highest BCUT2D eigenvalue weighted by molar-refractivity contribution is 5.99. The number of ether oxygens (including phenoxy) is 1. The van der Waals surface area contributed by atoms with Gasteiger partial charge in [0.15, 0.2) is 0 Å². The van der Waals surface area contributed by atoms with Crippen LogP contribution in [0.25, 0.3) is 0 Å². The van der Waals surface area contributed by atoms with E-state index < -0.39 is 5.97 Å². The van der Waals surface area contributed by atoms with E-state index in [1.165, 1.54) is 38.4 Å². The van der Waals surface area contributed by atoms with Crippen LogP contribution in [-0.4, -0.2) is 24.1 Å². The number of amides is 1. The van der Waals surface area contributed by atoms with E-state index in [2.05, 4.69) is 10.6 Å². The summed E-state index contributed by atoms with van der Waals surface area (Å²) in [4.78, 5) is 22.3. The van der Waals surface area contributed by atoms with Crippen LogP contribution in [-0.2, 0) is 4.79 Å². The molecule has 1 aromatic carbocycles. The fourth-order valence-electron chi connectivity index (χ4n) is 1.50. The number of hydrogen-bond donors (Lipinski definition) is 3. The Morgan fingerprint density at radius 3 is 2.60 bits per heavy atom. The van der Waals surface area contributed by atoms with Crippen molar-refractivity contribution in [2.45, 2.75) is 6.92 Å². The van der Waals surface area contributed by atoms with Crippen molar-refractivity contribution < 1.29 is 19.4 Å². The number of rotatable bonds is 5. The molecule has 3 N–H and O–H groups in total. The summed E-state index contributed by atoms with van der Waals surface area (Å²) >= 11 is 0. The molecule has 1 rings (SSSR count). The van der Waals surface area contributed by atoms with Gasteiger partial charge in [-0.1, -0.05) is 0 Å². The summed E-state index contributed by atoms with van der Waals surface area (Å²) in [5, 5.41) is 22.7. The van der Waals surface area contributed by atoms with Crippen LogP contribution in [0.5, 0.6) is 5.75 Å². The molecule has 0 aliphatic carbocycles. The SMILES string of the molecule is COc1cc(NC=CC#N)c(C(=O)O)cc1NC(C)=O. The van der Waals surface area contributed by atoms with E-state index >= 15 is 0 Å². The third-order valence-corrected chi connectivity index (χ3v) is 2.28. The maximum Gasteiger partial charge on any atom is 0.337 e. The second-order valence-corrected chi connectivity index (χ2v) is 3.69. The molecule has 0 heterocycles. The van der Waals surface area contributed by atoms with Crippen LogP contribution in [0.15, 0.2) is 24.4 Å². The topological polar surface area (TPSA) is 111 Å². The summed E-state index contributed by atoms with van der Waals surface area (Å²) in [6.45, 7) is 1.31. The first-order valence-electron chi connectivity index (χ1n) is 5.53. The smallest absolute Gasteiger partial charge is 0.337 e. The number of carbonyl (C=O) groups is 2. The highest BCUT2D eigenvalue weighted by Crippen LogP contribution is 2.31. The van der Waals surface area contributed by atoms with Gasteiger partial charge >= 0.3 is 5.97 Å². The van der Waals surface area contributed by atoms with E-state index in [9.17, 15) is 9.59 Å². The van der Waals surface area contributed by atoms with Crippen LogP contribution < -0.4 is 15.4 Å². The predicted octanol–water partition coefficient (Wildman–Crippen LogP) is 1.80. The molecule has 1 amide bonds. The van der Waals surface area contributed by atoms with Gasteiger partial charge in [0, 0.05) is 25.3 Å². The number of anilines is 2. The largest absolute Gasteiger partial charge is 0.494 e. The summed E-state index contributed by atoms with van der Waals surface area (Å²) in [6.07, 6.45) is 2.47. The van der Waals surface area contributed by atoms with Gasteiger partial charge < -0.3 is 20.5 Å². The summed E-state index contributed by atoms with van der Waals surface area (Å²) < 4.78 is 5.09. The third kappa shape index (κ3) is 3.74. The molecule has 0 radical (unpaired) electrons. The number of methoxy groups -OCH3 is 1. The number of nitrogens with zero attached hydrogens (tertiary/aromatic N) is 1. The van der Waals surface area contributed by atoms with E-state index in [1.54, 1.807) is 6.07 Å². The van der Waals surface area contributed by atoms with Crippen LogP contribution in [0.1, 0.15) is 17.3 Å².